The summed E-state index contributed by atoms with van der Waals surface area (Å²) in [6.07, 6.45) is -0.778. The van der Waals surface area contributed by atoms with Gasteiger partial charge in [0.1, 0.15) is 41.5 Å². The van der Waals surface area contributed by atoms with E-state index in [1.54, 1.807) is 0 Å². The number of hydrogen-bond acceptors (Lipinski definition) is 9. The number of aromatic hydroxyl groups is 1. The summed E-state index contributed by atoms with van der Waals surface area (Å²) in [6.45, 7) is 1.83. The van der Waals surface area contributed by atoms with E-state index >= 15 is 0 Å². The number of carbonyl (C=O) groups is 1. The van der Waals surface area contributed by atoms with Gasteiger partial charge in [0, 0.05) is 6.07 Å². The Labute approximate surface area is 175 Å². The normalized spacial score (nSPS) is 26.4. The number of phenolic OH excluding ortho intramolecular Hbond substituents is 1. The molecule has 0 aliphatic carbocycles. The summed E-state index contributed by atoms with van der Waals surface area (Å²) in [4.78, 5) is 12.1. The molecule has 9 heteroatoms. The number of aliphatic hydroxyl groups is 4. The van der Waals surface area contributed by atoms with Crippen molar-refractivity contribution in [1.29, 1.82) is 0 Å². The van der Waals surface area contributed by atoms with Crippen LogP contribution < -0.4 is 4.74 Å². The van der Waals surface area contributed by atoms with Crippen LogP contribution in [-0.4, -0.2) is 75.4 Å². The molecule has 1 saturated heterocycles. The van der Waals surface area contributed by atoms with Crippen molar-refractivity contribution < 1.29 is 44.5 Å². The summed E-state index contributed by atoms with van der Waals surface area (Å²) in [5, 5.41) is 48.9. The maximum Gasteiger partial charge on any atom is 0.341 e. The minimum atomic E-state index is -1.58. The highest BCUT2D eigenvalue weighted by Gasteiger charge is 2.44. The van der Waals surface area contributed by atoms with Gasteiger partial charge in [0.25, 0.3) is 0 Å². The van der Waals surface area contributed by atoms with E-state index in [4.69, 9.17) is 14.2 Å². The van der Waals surface area contributed by atoms with Crippen molar-refractivity contribution in [2.45, 2.75) is 76.2 Å². The van der Waals surface area contributed by atoms with Crippen LogP contribution in [0.2, 0.25) is 0 Å². The first kappa shape index (κ1) is 24.4. The Balaban J connectivity index is 1.88. The Morgan fingerprint density at radius 3 is 2.40 bits per heavy atom. The second-order valence-corrected chi connectivity index (χ2v) is 7.40. The molecule has 0 saturated carbocycles. The van der Waals surface area contributed by atoms with Crippen molar-refractivity contribution in [2.24, 2.45) is 0 Å². The number of carbonyl (C=O) groups excluding carboxylic acids is 1. The Morgan fingerprint density at radius 2 is 1.73 bits per heavy atom. The zero-order valence-corrected chi connectivity index (χ0v) is 17.1. The number of rotatable bonds is 11. The van der Waals surface area contributed by atoms with Crippen molar-refractivity contribution in [3.05, 3.63) is 23.8 Å². The molecule has 1 heterocycles. The summed E-state index contributed by atoms with van der Waals surface area (Å²) in [7, 11) is 0. The molecule has 9 nitrogen and oxygen atoms in total. The SMILES string of the molecule is CCCCCCCCOC(=O)c1ccc(O[C@@H]2O[C@H](CO)[C@@H](O)[C@H](O)[C@H]2O)cc1O. The molecule has 1 aliphatic rings. The van der Waals surface area contributed by atoms with Crippen molar-refractivity contribution in [3.63, 3.8) is 0 Å². The van der Waals surface area contributed by atoms with E-state index in [0.717, 1.165) is 25.3 Å². The number of phenols is 1. The molecule has 0 amide bonds. The van der Waals surface area contributed by atoms with Gasteiger partial charge in [-0.3, -0.25) is 0 Å². The lowest BCUT2D eigenvalue weighted by Crippen LogP contribution is -2.60. The van der Waals surface area contributed by atoms with Gasteiger partial charge in [-0.1, -0.05) is 39.0 Å². The van der Waals surface area contributed by atoms with Crippen LogP contribution in [0.25, 0.3) is 0 Å². The molecule has 5 N–H and O–H groups in total. The van der Waals surface area contributed by atoms with Crippen LogP contribution in [0.15, 0.2) is 18.2 Å². The molecule has 0 unspecified atom stereocenters. The first-order valence-electron chi connectivity index (χ1n) is 10.4. The third kappa shape index (κ3) is 6.55. The van der Waals surface area contributed by atoms with Gasteiger partial charge in [0.15, 0.2) is 0 Å². The van der Waals surface area contributed by atoms with E-state index in [1.165, 1.54) is 31.4 Å². The second-order valence-electron chi connectivity index (χ2n) is 7.40. The molecule has 0 radical (unpaired) electrons. The van der Waals surface area contributed by atoms with Gasteiger partial charge >= 0.3 is 5.97 Å². The zero-order valence-electron chi connectivity index (χ0n) is 17.1. The molecule has 0 spiro atoms. The average Bonchev–Trinajstić information content (AvgIpc) is 2.73. The molecule has 30 heavy (non-hydrogen) atoms. The van der Waals surface area contributed by atoms with Gasteiger partial charge in [-0.2, -0.15) is 0 Å². The number of benzene rings is 1. The minimum absolute atomic E-state index is 0.0258. The fraction of sp³-hybridized carbons (Fsp3) is 0.667. The molecule has 170 valence electrons. The standard InChI is InChI=1S/C21H32O9/c1-2-3-4-5-6-7-10-28-20(27)14-9-8-13(11-15(14)23)29-21-19(26)18(25)17(24)16(12-22)30-21/h8-9,11,16-19,21-26H,2-7,10,12H2,1H3/t16-,17-,18+,19-,21-/m1/s1. The predicted octanol–water partition coefficient (Wildman–Crippen LogP) is 1.09. The van der Waals surface area contributed by atoms with Gasteiger partial charge in [-0.15, -0.1) is 0 Å². The molecular formula is C21H32O9. The van der Waals surface area contributed by atoms with E-state index in [2.05, 4.69) is 6.92 Å². The molecule has 1 fully saturated rings. The molecule has 0 aromatic heterocycles. The van der Waals surface area contributed by atoms with Gasteiger partial charge in [0.2, 0.25) is 6.29 Å². The van der Waals surface area contributed by atoms with E-state index in [-0.39, 0.29) is 23.7 Å². The van der Waals surface area contributed by atoms with Gasteiger partial charge in [-0.25, -0.2) is 4.79 Å². The summed E-state index contributed by atoms with van der Waals surface area (Å²) < 4.78 is 15.8. The van der Waals surface area contributed by atoms with Crippen molar-refractivity contribution >= 4 is 5.97 Å². The fourth-order valence-electron chi connectivity index (χ4n) is 3.18. The number of aliphatic hydroxyl groups excluding tert-OH is 4. The lowest BCUT2D eigenvalue weighted by Gasteiger charge is -2.39. The Hall–Kier alpha value is -1.91. The summed E-state index contributed by atoms with van der Waals surface area (Å²) in [5.74, 6) is -0.963. The Bertz CT molecular complexity index is 664. The summed E-state index contributed by atoms with van der Waals surface area (Å²) in [5.41, 5.74) is -0.0258. The fourth-order valence-corrected chi connectivity index (χ4v) is 3.18. The van der Waals surface area contributed by atoms with Crippen molar-refractivity contribution in [3.8, 4) is 11.5 Å². The smallest absolute Gasteiger partial charge is 0.341 e. The highest BCUT2D eigenvalue weighted by atomic mass is 16.7. The van der Waals surface area contributed by atoms with E-state index in [0.29, 0.717) is 0 Å². The molecular weight excluding hydrogens is 396 g/mol. The van der Waals surface area contributed by atoms with Crippen molar-refractivity contribution in [1.82, 2.24) is 0 Å². The maximum atomic E-state index is 12.1. The Kier molecular flexibility index (Phi) is 9.80. The van der Waals surface area contributed by atoms with Crippen LogP contribution in [-0.2, 0) is 9.47 Å². The van der Waals surface area contributed by atoms with E-state index in [9.17, 15) is 30.3 Å². The third-order valence-electron chi connectivity index (χ3n) is 5.02. The predicted molar refractivity (Wildman–Crippen MR) is 106 cm³/mol. The van der Waals surface area contributed by atoms with Crippen LogP contribution in [0.1, 0.15) is 55.8 Å². The zero-order chi connectivity index (χ0) is 22.1. The van der Waals surface area contributed by atoms with E-state index < -0.39 is 43.3 Å². The monoisotopic (exact) mass is 428 g/mol. The number of ether oxygens (including phenoxy) is 3. The molecule has 5 atom stereocenters. The summed E-state index contributed by atoms with van der Waals surface area (Å²) >= 11 is 0. The number of unbranched alkanes of at least 4 members (excludes halogenated alkanes) is 5. The first-order valence-corrected chi connectivity index (χ1v) is 10.4. The minimum Gasteiger partial charge on any atom is -0.507 e. The van der Waals surface area contributed by atoms with E-state index in [1.807, 2.05) is 0 Å². The van der Waals surface area contributed by atoms with Crippen LogP contribution in [0.5, 0.6) is 11.5 Å². The van der Waals surface area contributed by atoms with Crippen molar-refractivity contribution in [2.75, 3.05) is 13.2 Å². The van der Waals surface area contributed by atoms with Gasteiger partial charge in [0.05, 0.1) is 13.2 Å². The van der Waals surface area contributed by atoms with Crippen LogP contribution in [0.4, 0.5) is 0 Å². The largest absolute Gasteiger partial charge is 0.507 e. The molecule has 1 aromatic carbocycles. The van der Waals surface area contributed by atoms with Crippen LogP contribution in [0.3, 0.4) is 0 Å². The quantitative estimate of drug-likeness (QED) is 0.258. The second kappa shape index (κ2) is 12.1. The molecule has 2 rings (SSSR count). The highest BCUT2D eigenvalue weighted by Crippen LogP contribution is 2.28. The summed E-state index contributed by atoms with van der Waals surface area (Å²) in [6, 6.07) is 3.85. The topological polar surface area (TPSA) is 146 Å². The number of esters is 1. The van der Waals surface area contributed by atoms with Crippen LogP contribution in [0, 0.1) is 0 Å². The Morgan fingerprint density at radius 1 is 1.03 bits per heavy atom. The van der Waals surface area contributed by atoms with Gasteiger partial charge in [-0.05, 0) is 18.6 Å². The van der Waals surface area contributed by atoms with Crippen LogP contribution >= 0.6 is 0 Å². The maximum absolute atomic E-state index is 12.1. The molecule has 1 aromatic rings. The molecule has 0 bridgehead atoms. The third-order valence-corrected chi connectivity index (χ3v) is 5.02. The molecule has 1 aliphatic heterocycles. The number of hydrogen-bond donors (Lipinski definition) is 5. The average molecular weight is 428 g/mol. The lowest BCUT2D eigenvalue weighted by molar-refractivity contribution is -0.277. The lowest BCUT2D eigenvalue weighted by atomic mass is 9.99. The highest BCUT2D eigenvalue weighted by molar-refractivity contribution is 5.92. The van der Waals surface area contributed by atoms with Gasteiger partial charge < -0.3 is 39.7 Å². The first-order chi connectivity index (χ1) is 14.4.